The van der Waals surface area contributed by atoms with Crippen LogP contribution in [0.2, 0.25) is 0 Å². The van der Waals surface area contributed by atoms with Gasteiger partial charge in [-0.3, -0.25) is 4.79 Å². The summed E-state index contributed by atoms with van der Waals surface area (Å²) in [6.07, 6.45) is 6.25. The van der Waals surface area contributed by atoms with Gasteiger partial charge in [0.15, 0.2) is 0 Å². The standard InChI is InChI=1S/C20H20N7O2P/c1-20(5-6-20)19-24-23-17(29-19)18(28)26-8-4-11-15(22-10-21-11)16(26)12-9-13-14(30)3-2-7-27(13)25-12/h2-3,7,9-10,16H,4-6,8,30H2,1H3,(H,21,22)/t16-/m1/s1. The van der Waals surface area contributed by atoms with E-state index in [1.54, 1.807) is 11.2 Å². The third kappa shape index (κ3) is 2.61. The van der Waals surface area contributed by atoms with Gasteiger partial charge in [0, 0.05) is 30.3 Å². The lowest BCUT2D eigenvalue weighted by Crippen LogP contribution is -2.41. The Labute approximate surface area is 174 Å². The van der Waals surface area contributed by atoms with Crippen LogP contribution in [0, 0.1) is 0 Å². The Hall–Kier alpha value is -3.06. The molecule has 1 aliphatic carbocycles. The van der Waals surface area contributed by atoms with E-state index in [1.165, 1.54) is 0 Å². The second-order valence-corrected chi connectivity index (χ2v) is 8.87. The molecule has 2 aliphatic rings. The molecule has 0 spiro atoms. The molecule has 1 aliphatic heterocycles. The van der Waals surface area contributed by atoms with Gasteiger partial charge in [0.2, 0.25) is 5.89 Å². The molecule has 1 saturated carbocycles. The van der Waals surface area contributed by atoms with Crippen LogP contribution in [0.15, 0.2) is 35.1 Å². The number of carbonyl (C=O) groups excluding carboxylic acids is 1. The summed E-state index contributed by atoms with van der Waals surface area (Å²) >= 11 is 0. The molecule has 30 heavy (non-hydrogen) atoms. The Morgan fingerprint density at radius 2 is 2.23 bits per heavy atom. The summed E-state index contributed by atoms with van der Waals surface area (Å²) in [5, 5.41) is 14.0. The fourth-order valence-corrected chi connectivity index (χ4v) is 4.39. The Bertz CT molecular complexity index is 1290. The smallest absolute Gasteiger partial charge is 0.312 e. The predicted octanol–water partition coefficient (Wildman–Crippen LogP) is 1.78. The van der Waals surface area contributed by atoms with Crippen molar-refractivity contribution < 1.29 is 9.21 Å². The zero-order chi connectivity index (χ0) is 20.5. The average molecular weight is 421 g/mol. The normalized spacial score (nSPS) is 19.8. The molecule has 1 fully saturated rings. The number of hydrogen-bond donors (Lipinski definition) is 1. The number of imidazole rings is 1. The Morgan fingerprint density at radius 3 is 3.03 bits per heavy atom. The number of H-pyrrole nitrogens is 1. The van der Waals surface area contributed by atoms with Crippen molar-refractivity contribution in [1.29, 1.82) is 0 Å². The van der Waals surface area contributed by atoms with E-state index in [2.05, 4.69) is 36.3 Å². The second kappa shape index (κ2) is 6.22. The van der Waals surface area contributed by atoms with Gasteiger partial charge in [0.05, 0.1) is 23.2 Å². The minimum Gasteiger partial charge on any atom is -0.416 e. The number of hydrogen-bond acceptors (Lipinski definition) is 6. The van der Waals surface area contributed by atoms with Crippen LogP contribution in [0.5, 0.6) is 0 Å². The van der Waals surface area contributed by atoms with Gasteiger partial charge in [-0.05, 0) is 30.3 Å². The predicted molar refractivity (Wildman–Crippen MR) is 111 cm³/mol. The van der Waals surface area contributed by atoms with Crippen LogP contribution in [0.4, 0.5) is 0 Å². The molecule has 0 aromatic carbocycles. The van der Waals surface area contributed by atoms with Gasteiger partial charge >= 0.3 is 11.8 Å². The first-order valence-electron chi connectivity index (χ1n) is 9.94. The molecule has 1 N–H and O–H groups in total. The zero-order valence-electron chi connectivity index (χ0n) is 16.4. The summed E-state index contributed by atoms with van der Waals surface area (Å²) in [6, 6.07) is 5.52. The van der Waals surface area contributed by atoms with Gasteiger partial charge in [-0.25, -0.2) is 9.50 Å². The Balaban J connectivity index is 1.43. The highest BCUT2D eigenvalue weighted by atomic mass is 31.0. The monoisotopic (exact) mass is 421 g/mol. The largest absolute Gasteiger partial charge is 0.416 e. The summed E-state index contributed by atoms with van der Waals surface area (Å²) < 4.78 is 7.61. The van der Waals surface area contributed by atoms with Crippen LogP contribution in [-0.2, 0) is 11.8 Å². The first-order valence-corrected chi connectivity index (χ1v) is 10.5. The lowest BCUT2D eigenvalue weighted by atomic mass is 9.99. The lowest BCUT2D eigenvalue weighted by molar-refractivity contribution is 0.0643. The van der Waals surface area contributed by atoms with Crippen LogP contribution >= 0.6 is 9.24 Å². The van der Waals surface area contributed by atoms with Crippen molar-refractivity contribution in [3.8, 4) is 0 Å². The first kappa shape index (κ1) is 17.8. The van der Waals surface area contributed by atoms with Crippen molar-refractivity contribution in [2.45, 2.75) is 37.6 Å². The van der Waals surface area contributed by atoms with Crippen molar-refractivity contribution in [2.24, 2.45) is 0 Å². The van der Waals surface area contributed by atoms with E-state index in [9.17, 15) is 4.79 Å². The molecule has 1 amide bonds. The topological polar surface area (TPSA) is 105 Å². The van der Waals surface area contributed by atoms with Crippen LogP contribution in [-0.4, -0.2) is 47.1 Å². The van der Waals surface area contributed by atoms with E-state index in [1.807, 2.05) is 28.9 Å². The van der Waals surface area contributed by atoms with E-state index < -0.39 is 6.04 Å². The van der Waals surface area contributed by atoms with E-state index >= 15 is 0 Å². The maximum absolute atomic E-state index is 13.4. The molecule has 1 unspecified atom stereocenters. The maximum Gasteiger partial charge on any atom is 0.312 e. The van der Waals surface area contributed by atoms with Crippen molar-refractivity contribution in [2.75, 3.05) is 6.54 Å². The molecule has 2 atom stereocenters. The summed E-state index contributed by atoms with van der Waals surface area (Å²) in [7, 11) is 2.72. The van der Waals surface area contributed by atoms with Crippen LogP contribution in [0.1, 0.15) is 59.5 Å². The fraction of sp³-hybridized carbons (Fsp3) is 0.350. The van der Waals surface area contributed by atoms with E-state index in [-0.39, 0.29) is 17.2 Å². The van der Waals surface area contributed by atoms with Gasteiger partial charge in [0.1, 0.15) is 6.04 Å². The third-order valence-electron chi connectivity index (χ3n) is 6.14. The maximum atomic E-state index is 13.4. The highest BCUT2D eigenvalue weighted by Crippen LogP contribution is 2.46. The number of pyridine rings is 1. The number of rotatable bonds is 3. The van der Waals surface area contributed by atoms with Crippen molar-refractivity contribution in [3.05, 3.63) is 59.6 Å². The van der Waals surface area contributed by atoms with Crippen LogP contribution < -0.4 is 5.30 Å². The first-order chi connectivity index (χ1) is 14.5. The average Bonchev–Trinajstić information content (AvgIpc) is 3.21. The molecule has 4 aromatic rings. The number of carbonyl (C=O) groups is 1. The fourth-order valence-electron chi connectivity index (χ4n) is 4.06. The number of amides is 1. The molecule has 0 bridgehead atoms. The highest BCUT2D eigenvalue weighted by molar-refractivity contribution is 7.28. The number of nitrogens with one attached hydrogen (secondary N) is 1. The van der Waals surface area contributed by atoms with Gasteiger partial charge in [-0.15, -0.1) is 19.4 Å². The second-order valence-electron chi connectivity index (χ2n) is 8.25. The molecule has 6 rings (SSSR count). The molecule has 0 saturated heterocycles. The molecule has 10 heteroatoms. The molecule has 4 aromatic heterocycles. The highest BCUT2D eigenvalue weighted by Gasteiger charge is 2.45. The summed E-state index contributed by atoms with van der Waals surface area (Å²) in [6.45, 7) is 2.58. The number of aromatic nitrogens is 6. The molecule has 9 nitrogen and oxygen atoms in total. The molecule has 152 valence electrons. The van der Waals surface area contributed by atoms with E-state index in [4.69, 9.17) is 9.52 Å². The van der Waals surface area contributed by atoms with Crippen molar-refractivity contribution in [3.63, 3.8) is 0 Å². The van der Waals surface area contributed by atoms with Crippen LogP contribution in [0.25, 0.3) is 5.52 Å². The SMILES string of the molecule is CC1(c2nnc(C(=O)N3CCc4[nH]cnc4[C@H]3c3cc4c(P)cccn4n3)o2)CC1. The molecular formula is C20H20N7O2P. The minimum atomic E-state index is -0.427. The minimum absolute atomic E-state index is 0.0256. The molecule has 0 radical (unpaired) electrons. The zero-order valence-corrected chi connectivity index (χ0v) is 17.5. The van der Waals surface area contributed by atoms with E-state index in [0.29, 0.717) is 18.9 Å². The van der Waals surface area contributed by atoms with Gasteiger partial charge < -0.3 is 14.3 Å². The van der Waals surface area contributed by atoms with Crippen LogP contribution in [0.3, 0.4) is 0 Å². The Morgan fingerprint density at radius 1 is 1.37 bits per heavy atom. The quantitative estimate of drug-likeness (QED) is 0.506. The van der Waals surface area contributed by atoms with Gasteiger partial charge in [-0.2, -0.15) is 5.10 Å². The number of nitrogens with zero attached hydrogens (tertiary/aromatic N) is 6. The lowest BCUT2D eigenvalue weighted by Gasteiger charge is -2.32. The summed E-state index contributed by atoms with van der Waals surface area (Å²) in [5.74, 6) is 0.276. The number of fused-ring (bicyclic) bond motifs is 2. The van der Waals surface area contributed by atoms with Gasteiger partial charge in [0.25, 0.3) is 0 Å². The third-order valence-corrected chi connectivity index (χ3v) is 6.63. The summed E-state index contributed by atoms with van der Waals surface area (Å²) in [5.41, 5.74) is 3.45. The summed E-state index contributed by atoms with van der Waals surface area (Å²) in [4.78, 5) is 22.9. The van der Waals surface area contributed by atoms with Gasteiger partial charge in [-0.1, -0.05) is 13.0 Å². The molecule has 5 heterocycles. The molecular weight excluding hydrogens is 401 g/mol. The van der Waals surface area contributed by atoms with Crippen molar-refractivity contribution in [1.82, 2.24) is 34.7 Å². The van der Waals surface area contributed by atoms with E-state index in [0.717, 1.165) is 40.7 Å². The number of aromatic amines is 1. The van der Waals surface area contributed by atoms with Crippen molar-refractivity contribution >= 4 is 26.0 Å². The Kier molecular flexibility index (Phi) is 3.68.